The normalized spacial score (nSPS) is 13.4. The summed E-state index contributed by atoms with van der Waals surface area (Å²) in [5, 5.41) is 0. The van der Waals surface area contributed by atoms with Crippen molar-refractivity contribution in [1.29, 1.82) is 0 Å². The summed E-state index contributed by atoms with van der Waals surface area (Å²) in [5.41, 5.74) is 0. The average Bonchev–Trinajstić information content (AvgIpc) is 1.60. The molecule has 10 heavy (non-hydrogen) atoms. The fourth-order valence-electron chi connectivity index (χ4n) is 1.02. The van der Waals surface area contributed by atoms with Gasteiger partial charge in [-0.25, -0.2) is 0 Å². The van der Waals surface area contributed by atoms with Gasteiger partial charge in [0.15, 0.2) is 0 Å². The Balaban J connectivity index is 3.89. The number of quaternary nitrogens is 2. The largest absolute Gasteiger partial charge is 0.791 e. The Morgan fingerprint density at radius 1 is 1.00 bits per heavy atom. The van der Waals surface area contributed by atoms with Crippen molar-refractivity contribution in [3.8, 4) is 0 Å². The maximum absolute atomic E-state index is 2.31. The summed E-state index contributed by atoms with van der Waals surface area (Å²) >= 11 is 0. The van der Waals surface area contributed by atoms with E-state index in [0.29, 0.717) is 0 Å². The quantitative estimate of drug-likeness (QED) is 0.499. The van der Waals surface area contributed by atoms with E-state index in [4.69, 9.17) is 0 Å². The molecule has 1 radical (unpaired) electrons. The van der Waals surface area contributed by atoms with Gasteiger partial charge in [0, 0.05) is 0 Å². The van der Waals surface area contributed by atoms with Crippen LogP contribution < -0.4 is 0 Å². The van der Waals surface area contributed by atoms with Crippen LogP contribution in [0.15, 0.2) is 0 Å². The van der Waals surface area contributed by atoms with E-state index in [1.54, 1.807) is 0 Å². The molecule has 0 aliphatic carbocycles. The van der Waals surface area contributed by atoms with Crippen molar-refractivity contribution >= 4 is 7.55 Å². The summed E-state index contributed by atoms with van der Waals surface area (Å²) < 4.78 is 1.89. The standard InChI is InChI=1S/C7H20BN2/c1-7-10(5,6)8-9(2,3)4/h7H2,1-6H3/q+2. The van der Waals surface area contributed by atoms with Crippen molar-refractivity contribution in [2.45, 2.75) is 6.92 Å². The van der Waals surface area contributed by atoms with Gasteiger partial charge in [-0.15, -0.1) is 0 Å². The molecule has 0 bridgehead atoms. The molecule has 0 spiro atoms. The highest BCUT2D eigenvalue weighted by atomic mass is 15.4. The smallest absolute Gasteiger partial charge is 0.337 e. The van der Waals surface area contributed by atoms with Gasteiger partial charge in [0.1, 0.15) is 0 Å². The lowest BCUT2D eigenvalue weighted by molar-refractivity contribution is -0.879. The highest BCUT2D eigenvalue weighted by Crippen LogP contribution is 1.98. The zero-order valence-electron chi connectivity index (χ0n) is 8.18. The molecule has 0 aromatic heterocycles. The van der Waals surface area contributed by atoms with E-state index < -0.39 is 0 Å². The van der Waals surface area contributed by atoms with Crippen LogP contribution in [-0.4, -0.2) is 58.1 Å². The van der Waals surface area contributed by atoms with Crippen LogP contribution in [0.1, 0.15) is 6.92 Å². The average molecular weight is 143 g/mol. The van der Waals surface area contributed by atoms with E-state index in [1.807, 2.05) is 0 Å². The Bertz CT molecular complexity index is 105. The molecule has 0 heterocycles. The van der Waals surface area contributed by atoms with Gasteiger partial charge in [-0.3, -0.25) is 0 Å². The van der Waals surface area contributed by atoms with Gasteiger partial charge in [0.05, 0.1) is 41.8 Å². The Morgan fingerprint density at radius 2 is 1.40 bits per heavy atom. The molecule has 0 aromatic carbocycles. The Morgan fingerprint density at radius 3 is 1.50 bits per heavy atom. The number of hydrogen-bond acceptors (Lipinski definition) is 0. The summed E-state index contributed by atoms with van der Waals surface area (Å²) in [4.78, 5) is 0. The van der Waals surface area contributed by atoms with Crippen LogP contribution in [0.3, 0.4) is 0 Å². The Kier molecular flexibility index (Phi) is 2.92. The monoisotopic (exact) mass is 143 g/mol. The number of rotatable bonds is 3. The highest BCUT2D eigenvalue weighted by Gasteiger charge is 2.34. The molecule has 2 nitrogen and oxygen atoms in total. The lowest BCUT2D eigenvalue weighted by Gasteiger charge is -2.30. The molecule has 0 amide bonds. The minimum atomic E-state index is 0.918. The second-order valence-corrected chi connectivity index (χ2v) is 4.33. The van der Waals surface area contributed by atoms with E-state index in [1.165, 1.54) is 0 Å². The topological polar surface area (TPSA) is 0 Å². The Labute approximate surface area is 65.9 Å². The molecule has 0 fully saturated rings. The van der Waals surface area contributed by atoms with Crippen LogP contribution in [0.25, 0.3) is 0 Å². The first-order valence-electron chi connectivity index (χ1n) is 3.78. The van der Waals surface area contributed by atoms with Crippen LogP contribution in [0, 0.1) is 0 Å². The minimum absolute atomic E-state index is 0.918. The van der Waals surface area contributed by atoms with Crippen LogP contribution >= 0.6 is 0 Å². The molecule has 59 valence electrons. The first kappa shape index (κ1) is 9.98. The van der Waals surface area contributed by atoms with Gasteiger partial charge in [-0.2, -0.15) is 0 Å². The van der Waals surface area contributed by atoms with Crippen LogP contribution in [-0.2, 0) is 0 Å². The van der Waals surface area contributed by atoms with Crippen molar-refractivity contribution in [3.63, 3.8) is 0 Å². The summed E-state index contributed by atoms with van der Waals surface area (Å²) in [5.74, 6) is 0. The van der Waals surface area contributed by atoms with Crippen LogP contribution in [0.4, 0.5) is 0 Å². The summed E-state index contributed by atoms with van der Waals surface area (Å²) in [6.07, 6.45) is 0. The van der Waals surface area contributed by atoms with Crippen molar-refractivity contribution in [2.75, 3.05) is 41.8 Å². The van der Waals surface area contributed by atoms with E-state index in [2.05, 4.69) is 49.7 Å². The fourth-order valence-corrected chi connectivity index (χ4v) is 1.02. The van der Waals surface area contributed by atoms with Gasteiger partial charge >= 0.3 is 7.55 Å². The molecule has 0 saturated carbocycles. The van der Waals surface area contributed by atoms with E-state index in [0.717, 1.165) is 15.3 Å². The summed E-state index contributed by atoms with van der Waals surface area (Å²) in [6, 6.07) is 0. The Hall–Kier alpha value is -0.0151. The lowest BCUT2D eigenvalue weighted by atomic mass is 10.00. The molecule has 0 aromatic rings. The predicted molar refractivity (Wildman–Crippen MR) is 46.4 cm³/mol. The molecule has 0 atom stereocenters. The molecular formula is C7H20BN2+2. The molecular weight excluding hydrogens is 123 g/mol. The maximum Gasteiger partial charge on any atom is 0.791 e. The van der Waals surface area contributed by atoms with E-state index >= 15 is 0 Å². The first-order chi connectivity index (χ1) is 4.27. The maximum atomic E-state index is 2.31. The third kappa shape index (κ3) is 4.83. The van der Waals surface area contributed by atoms with Crippen LogP contribution in [0.2, 0.25) is 0 Å². The second-order valence-electron chi connectivity index (χ2n) is 4.33. The highest BCUT2D eigenvalue weighted by molar-refractivity contribution is 6.16. The fraction of sp³-hybridized carbons (Fsp3) is 1.00. The lowest BCUT2D eigenvalue weighted by Crippen LogP contribution is -2.56. The summed E-state index contributed by atoms with van der Waals surface area (Å²) in [7, 11) is 13.3. The van der Waals surface area contributed by atoms with Crippen molar-refractivity contribution in [1.82, 2.24) is 0 Å². The third-order valence-corrected chi connectivity index (χ3v) is 1.47. The van der Waals surface area contributed by atoms with Gasteiger partial charge in [-0.05, 0) is 6.92 Å². The molecule has 0 unspecified atom stereocenters. The molecule has 3 heteroatoms. The molecule has 0 aliphatic heterocycles. The van der Waals surface area contributed by atoms with Crippen molar-refractivity contribution < 1.29 is 8.79 Å². The van der Waals surface area contributed by atoms with E-state index in [-0.39, 0.29) is 0 Å². The predicted octanol–water partition coefficient (Wildman–Crippen LogP) is 0.323. The second kappa shape index (κ2) is 2.93. The number of nitrogens with zero attached hydrogens (tertiary/aromatic N) is 2. The van der Waals surface area contributed by atoms with Gasteiger partial charge in [0.2, 0.25) is 0 Å². The van der Waals surface area contributed by atoms with Gasteiger partial charge in [0.25, 0.3) is 0 Å². The zero-order valence-corrected chi connectivity index (χ0v) is 8.18. The van der Waals surface area contributed by atoms with E-state index in [9.17, 15) is 0 Å². The van der Waals surface area contributed by atoms with Crippen molar-refractivity contribution in [3.05, 3.63) is 0 Å². The van der Waals surface area contributed by atoms with Gasteiger partial charge in [-0.1, -0.05) is 0 Å². The molecule has 0 N–H and O–H groups in total. The molecule has 0 saturated heterocycles. The van der Waals surface area contributed by atoms with Gasteiger partial charge < -0.3 is 8.79 Å². The van der Waals surface area contributed by atoms with Crippen molar-refractivity contribution in [2.24, 2.45) is 0 Å². The SMILES string of the molecule is CC[N+](C)(C)[B][N+](C)(C)C. The molecule has 0 rings (SSSR count). The van der Waals surface area contributed by atoms with Crippen LogP contribution in [0.5, 0.6) is 0 Å². The number of hydrogen-bond donors (Lipinski definition) is 0. The summed E-state index contributed by atoms with van der Waals surface area (Å²) in [6.45, 7) is 3.35. The minimum Gasteiger partial charge on any atom is -0.337 e. The first-order valence-corrected chi connectivity index (χ1v) is 3.78. The molecule has 0 aliphatic rings. The third-order valence-electron chi connectivity index (χ3n) is 1.47. The zero-order chi connectivity index (χ0) is 8.41.